The number of rotatable bonds is 8. The molecule has 0 bridgehead atoms. The van der Waals surface area contributed by atoms with Crippen LogP contribution in [0.5, 0.6) is 11.8 Å². The summed E-state index contributed by atoms with van der Waals surface area (Å²) in [5, 5.41) is 32.3. The highest BCUT2D eigenvalue weighted by Crippen LogP contribution is 2.32. The number of aromatic amines is 1. The Hall–Kier alpha value is -5.13. The van der Waals surface area contributed by atoms with E-state index in [1.807, 2.05) is 72.2 Å². The second-order valence-electron chi connectivity index (χ2n) is 8.90. The van der Waals surface area contributed by atoms with Crippen molar-refractivity contribution in [2.45, 2.75) is 39.8 Å². The van der Waals surface area contributed by atoms with E-state index in [0.717, 1.165) is 28.7 Å². The van der Waals surface area contributed by atoms with E-state index in [-0.39, 0.29) is 23.4 Å². The van der Waals surface area contributed by atoms with Gasteiger partial charge in [-0.25, -0.2) is 14.9 Å². The molecule has 0 aliphatic carbocycles. The Labute approximate surface area is 223 Å². The molecular weight excluding hydrogens is 500 g/mol. The number of nitrogens with zero attached hydrogens (tertiary/aromatic N) is 7. The van der Waals surface area contributed by atoms with Gasteiger partial charge in [0.15, 0.2) is 11.3 Å². The van der Waals surface area contributed by atoms with Crippen LogP contribution in [0.3, 0.4) is 0 Å². The molecule has 12 nitrogen and oxygen atoms in total. The van der Waals surface area contributed by atoms with E-state index in [4.69, 9.17) is 9.47 Å². The molecule has 0 unspecified atom stereocenters. The van der Waals surface area contributed by atoms with Crippen molar-refractivity contribution in [3.63, 3.8) is 0 Å². The zero-order valence-corrected chi connectivity index (χ0v) is 21.6. The number of aromatic hydroxyl groups is 1. The first-order valence-corrected chi connectivity index (χ1v) is 12.4. The van der Waals surface area contributed by atoms with E-state index in [1.165, 1.54) is 0 Å². The summed E-state index contributed by atoms with van der Waals surface area (Å²) in [5.74, 6) is 0.652. The van der Waals surface area contributed by atoms with Crippen molar-refractivity contribution in [1.29, 1.82) is 0 Å². The summed E-state index contributed by atoms with van der Waals surface area (Å²) in [6.07, 6.45) is 3.27. The van der Waals surface area contributed by atoms with Crippen molar-refractivity contribution in [2.24, 2.45) is 0 Å². The number of nitrogens with one attached hydrogen (secondary N) is 1. The Bertz CT molecular complexity index is 1630. The Morgan fingerprint density at radius 2 is 1.85 bits per heavy atom. The van der Waals surface area contributed by atoms with Crippen molar-refractivity contribution >= 4 is 23.3 Å². The second kappa shape index (κ2) is 11.1. The van der Waals surface area contributed by atoms with Gasteiger partial charge in [0, 0.05) is 12.1 Å². The van der Waals surface area contributed by atoms with Gasteiger partial charge in [-0.1, -0.05) is 61.5 Å². The maximum Gasteiger partial charge on any atom is 0.515 e. The molecule has 0 spiro atoms. The monoisotopic (exact) mass is 526 g/mol. The first kappa shape index (κ1) is 25.5. The van der Waals surface area contributed by atoms with Crippen LogP contribution in [0.25, 0.3) is 39.6 Å². The molecule has 0 saturated carbocycles. The van der Waals surface area contributed by atoms with E-state index in [2.05, 4.69) is 35.8 Å². The van der Waals surface area contributed by atoms with Crippen LogP contribution in [0.2, 0.25) is 0 Å². The number of tetrazole rings is 1. The summed E-state index contributed by atoms with van der Waals surface area (Å²) in [6.45, 7) is 5.78. The molecule has 3 aromatic heterocycles. The van der Waals surface area contributed by atoms with Crippen LogP contribution in [-0.2, 0) is 11.3 Å². The SMILES string of the molecule is CCC=Cc1nc2c(O)nnc(OC(=O)OC(C)C)c2n1Cc1ccc(-c2ccccc2-c2nnn[nH]2)cc1. The minimum Gasteiger partial charge on any atom is -0.491 e. The molecule has 3 heterocycles. The van der Waals surface area contributed by atoms with Crippen molar-refractivity contribution in [3.8, 4) is 34.3 Å². The number of hydrogen-bond acceptors (Lipinski definition) is 10. The highest BCUT2D eigenvalue weighted by Gasteiger charge is 2.23. The molecule has 2 N–H and O–H groups in total. The van der Waals surface area contributed by atoms with Gasteiger partial charge in [-0.3, -0.25) is 0 Å². The molecule has 0 saturated heterocycles. The molecular formula is C27H26N8O4. The summed E-state index contributed by atoms with van der Waals surface area (Å²) in [6, 6.07) is 15.8. The number of fused-ring (bicyclic) bond motifs is 1. The fourth-order valence-electron chi connectivity index (χ4n) is 4.09. The number of carbonyl (C=O) groups is 1. The molecule has 0 fully saturated rings. The normalized spacial score (nSPS) is 11.5. The minimum absolute atomic E-state index is 0.108. The summed E-state index contributed by atoms with van der Waals surface area (Å²) in [5.41, 5.74) is 4.27. The Kier molecular flexibility index (Phi) is 7.26. The number of H-pyrrole nitrogens is 1. The van der Waals surface area contributed by atoms with Gasteiger partial charge in [0.2, 0.25) is 0 Å². The highest BCUT2D eigenvalue weighted by atomic mass is 16.7. The number of carbonyl (C=O) groups excluding carboxylic acids is 1. The summed E-state index contributed by atoms with van der Waals surface area (Å²) in [4.78, 5) is 16.8. The van der Waals surface area contributed by atoms with Crippen molar-refractivity contribution in [2.75, 3.05) is 0 Å². The van der Waals surface area contributed by atoms with Crippen LogP contribution in [0, 0.1) is 0 Å². The number of aromatic nitrogens is 8. The lowest BCUT2D eigenvalue weighted by Gasteiger charge is -2.12. The van der Waals surface area contributed by atoms with E-state index in [0.29, 0.717) is 23.7 Å². The Morgan fingerprint density at radius 3 is 2.54 bits per heavy atom. The molecule has 0 amide bonds. The van der Waals surface area contributed by atoms with Crippen molar-refractivity contribution < 1.29 is 19.4 Å². The lowest BCUT2D eigenvalue weighted by atomic mass is 9.98. The zero-order chi connectivity index (χ0) is 27.4. The summed E-state index contributed by atoms with van der Waals surface area (Å²) < 4.78 is 12.3. The number of imidazole rings is 1. The van der Waals surface area contributed by atoms with Gasteiger partial charge >= 0.3 is 6.16 Å². The third-order valence-corrected chi connectivity index (χ3v) is 5.79. The van der Waals surface area contributed by atoms with Crippen LogP contribution in [0.1, 0.15) is 38.6 Å². The second-order valence-corrected chi connectivity index (χ2v) is 8.90. The third kappa shape index (κ3) is 5.44. The van der Waals surface area contributed by atoms with Crippen LogP contribution in [-0.4, -0.2) is 57.7 Å². The smallest absolute Gasteiger partial charge is 0.491 e. The summed E-state index contributed by atoms with van der Waals surface area (Å²) >= 11 is 0. The largest absolute Gasteiger partial charge is 0.515 e. The van der Waals surface area contributed by atoms with Crippen LogP contribution in [0.4, 0.5) is 4.79 Å². The standard InChI is InChI=1S/C27H26N8O4/c1-4-5-10-21-28-22-23(26(32-31-25(22)36)39-27(37)38-16(2)3)35(21)15-17-11-13-18(14-12-17)19-8-6-7-9-20(19)24-29-33-34-30-24/h5-14,16H,4,15H2,1-3H3,(H,31,36)(H,29,30,33,34). The average molecular weight is 527 g/mol. The fourth-order valence-corrected chi connectivity index (χ4v) is 4.09. The van der Waals surface area contributed by atoms with Gasteiger partial charge in [-0.2, -0.15) is 0 Å². The van der Waals surface area contributed by atoms with Crippen molar-refractivity contribution in [3.05, 3.63) is 66.0 Å². The minimum atomic E-state index is -0.922. The molecule has 5 rings (SSSR count). The van der Waals surface area contributed by atoms with Crippen molar-refractivity contribution in [1.82, 2.24) is 40.4 Å². The maximum atomic E-state index is 12.3. The molecule has 12 heteroatoms. The van der Waals surface area contributed by atoms with Crippen LogP contribution < -0.4 is 4.74 Å². The molecule has 0 aliphatic heterocycles. The fraction of sp³-hybridized carbons (Fsp3) is 0.222. The number of benzene rings is 2. The van der Waals surface area contributed by atoms with Gasteiger partial charge < -0.3 is 19.1 Å². The number of hydrogen-bond donors (Lipinski definition) is 2. The third-order valence-electron chi connectivity index (χ3n) is 5.79. The molecule has 0 aliphatic rings. The molecule has 39 heavy (non-hydrogen) atoms. The van der Waals surface area contributed by atoms with Crippen LogP contribution in [0.15, 0.2) is 54.6 Å². The zero-order valence-electron chi connectivity index (χ0n) is 21.6. The first-order chi connectivity index (χ1) is 18.9. The molecule has 198 valence electrons. The Morgan fingerprint density at radius 1 is 1.08 bits per heavy atom. The van der Waals surface area contributed by atoms with Gasteiger partial charge in [0.25, 0.3) is 11.8 Å². The number of allylic oxidation sites excluding steroid dienone is 1. The van der Waals surface area contributed by atoms with Crippen LogP contribution >= 0.6 is 0 Å². The van der Waals surface area contributed by atoms with E-state index in [1.54, 1.807) is 13.8 Å². The van der Waals surface area contributed by atoms with E-state index in [9.17, 15) is 9.90 Å². The van der Waals surface area contributed by atoms with Gasteiger partial charge in [0.1, 0.15) is 11.3 Å². The molecule has 5 aromatic rings. The first-order valence-electron chi connectivity index (χ1n) is 12.4. The lowest BCUT2D eigenvalue weighted by Crippen LogP contribution is -2.17. The lowest BCUT2D eigenvalue weighted by molar-refractivity contribution is 0.0716. The molecule has 2 aromatic carbocycles. The molecule has 0 radical (unpaired) electrons. The predicted molar refractivity (Wildman–Crippen MR) is 143 cm³/mol. The quantitative estimate of drug-likeness (QED) is 0.270. The molecule has 0 atom stereocenters. The highest BCUT2D eigenvalue weighted by molar-refractivity contribution is 5.87. The Balaban J connectivity index is 1.53. The van der Waals surface area contributed by atoms with Gasteiger partial charge in [0.05, 0.1) is 6.10 Å². The average Bonchev–Trinajstić information content (AvgIpc) is 3.59. The van der Waals surface area contributed by atoms with E-state index >= 15 is 0 Å². The maximum absolute atomic E-state index is 12.3. The van der Waals surface area contributed by atoms with Gasteiger partial charge in [-0.05, 0) is 53.5 Å². The summed E-state index contributed by atoms with van der Waals surface area (Å²) in [7, 11) is 0. The number of ether oxygens (including phenoxy) is 2. The van der Waals surface area contributed by atoms with E-state index < -0.39 is 6.16 Å². The van der Waals surface area contributed by atoms with Gasteiger partial charge in [-0.15, -0.1) is 15.3 Å². The predicted octanol–water partition coefficient (Wildman–Crippen LogP) is 4.77. The topological polar surface area (TPSA) is 154 Å².